The molecule has 2 aromatic heterocycles. The number of hydrogen-bond donors (Lipinski definition) is 1. The Balaban J connectivity index is 1.63. The van der Waals surface area contributed by atoms with Crippen molar-refractivity contribution in [3.63, 3.8) is 0 Å². The van der Waals surface area contributed by atoms with E-state index in [1.54, 1.807) is 19.3 Å². The Bertz CT molecular complexity index is 822. The van der Waals surface area contributed by atoms with E-state index in [4.69, 9.17) is 9.15 Å². The van der Waals surface area contributed by atoms with Gasteiger partial charge in [0.2, 0.25) is 0 Å². The number of rotatable bonds is 6. The quantitative estimate of drug-likeness (QED) is 0.762. The first-order valence-electron chi connectivity index (χ1n) is 10.1. The van der Waals surface area contributed by atoms with Crippen molar-refractivity contribution in [1.29, 1.82) is 0 Å². The molecule has 0 aromatic carbocycles. The van der Waals surface area contributed by atoms with Crippen LogP contribution >= 0.6 is 0 Å². The molecule has 0 saturated heterocycles. The van der Waals surface area contributed by atoms with Gasteiger partial charge >= 0.3 is 5.97 Å². The first-order valence-corrected chi connectivity index (χ1v) is 10.1. The zero-order valence-electron chi connectivity index (χ0n) is 17.2. The van der Waals surface area contributed by atoms with Crippen LogP contribution in [-0.2, 0) is 16.1 Å². The molecule has 6 heteroatoms. The van der Waals surface area contributed by atoms with Gasteiger partial charge in [0.1, 0.15) is 5.76 Å². The Morgan fingerprint density at radius 2 is 2.07 bits per heavy atom. The van der Waals surface area contributed by atoms with Gasteiger partial charge in [0.05, 0.1) is 18.4 Å². The second-order valence-electron chi connectivity index (χ2n) is 7.87. The maximum absolute atomic E-state index is 12.7. The topological polar surface area (TPSA) is 73.5 Å². The molecule has 0 bridgehead atoms. The van der Waals surface area contributed by atoms with Crippen LogP contribution in [0.3, 0.4) is 0 Å². The van der Waals surface area contributed by atoms with E-state index in [-0.39, 0.29) is 11.9 Å². The highest BCUT2D eigenvalue weighted by molar-refractivity contribution is 5.93. The summed E-state index contributed by atoms with van der Waals surface area (Å²) in [6, 6.07) is 5.71. The van der Waals surface area contributed by atoms with Gasteiger partial charge in [-0.25, -0.2) is 4.79 Å². The molecule has 3 rings (SSSR count). The Labute approximate surface area is 166 Å². The number of nitrogens with zero attached hydrogens (tertiary/aromatic N) is 1. The van der Waals surface area contributed by atoms with Crippen molar-refractivity contribution < 1.29 is 18.7 Å². The average Bonchev–Trinajstić information content (AvgIpc) is 3.27. The molecule has 1 amide bonds. The van der Waals surface area contributed by atoms with Gasteiger partial charge in [-0.2, -0.15) is 0 Å². The summed E-state index contributed by atoms with van der Waals surface area (Å²) < 4.78 is 12.9. The summed E-state index contributed by atoms with van der Waals surface area (Å²) in [5.41, 5.74) is 2.22. The lowest BCUT2D eigenvalue weighted by Crippen LogP contribution is -2.46. The number of nitrogens with one attached hydrogen (secondary N) is 1. The number of esters is 1. The van der Waals surface area contributed by atoms with E-state index in [1.807, 2.05) is 30.5 Å². The minimum Gasteiger partial charge on any atom is -0.467 e. The monoisotopic (exact) mass is 386 g/mol. The molecule has 1 fully saturated rings. The van der Waals surface area contributed by atoms with Crippen LogP contribution in [0.1, 0.15) is 67.0 Å². The summed E-state index contributed by atoms with van der Waals surface area (Å²) in [6.45, 7) is 8.15. The van der Waals surface area contributed by atoms with Crippen molar-refractivity contribution >= 4 is 11.9 Å². The van der Waals surface area contributed by atoms with Gasteiger partial charge in [-0.3, -0.25) is 4.79 Å². The highest BCUT2D eigenvalue weighted by Crippen LogP contribution is 2.24. The van der Waals surface area contributed by atoms with Crippen molar-refractivity contribution in [3.05, 3.63) is 47.2 Å². The number of aromatic nitrogens is 1. The van der Waals surface area contributed by atoms with Gasteiger partial charge < -0.3 is 19.0 Å². The van der Waals surface area contributed by atoms with Gasteiger partial charge in [-0.05, 0) is 57.7 Å². The van der Waals surface area contributed by atoms with E-state index >= 15 is 0 Å². The molecular formula is C22H30N2O4. The Hall–Kier alpha value is -2.50. The zero-order valence-corrected chi connectivity index (χ0v) is 17.2. The molecule has 0 aliphatic heterocycles. The highest BCUT2D eigenvalue weighted by Gasteiger charge is 2.27. The van der Waals surface area contributed by atoms with Crippen LogP contribution < -0.4 is 5.32 Å². The van der Waals surface area contributed by atoms with Crippen molar-refractivity contribution in [2.45, 2.75) is 72.1 Å². The molecule has 2 aromatic rings. The molecule has 0 unspecified atom stereocenters. The third-order valence-corrected chi connectivity index (χ3v) is 5.78. The predicted molar refractivity (Wildman–Crippen MR) is 106 cm³/mol. The number of amides is 1. The van der Waals surface area contributed by atoms with Gasteiger partial charge in [-0.1, -0.05) is 19.8 Å². The zero-order chi connectivity index (χ0) is 20.3. The molecule has 28 heavy (non-hydrogen) atoms. The predicted octanol–water partition coefficient (Wildman–Crippen LogP) is 3.99. The SMILES string of the molecule is Cc1cc(C(=O)O[C@@H](C)C(=O)N[C@H]2CCCC[C@@H]2C)c(C)n1Cc1ccco1. The lowest BCUT2D eigenvalue weighted by Gasteiger charge is -2.30. The summed E-state index contributed by atoms with van der Waals surface area (Å²) >= 11 is 0. The molecule has 1 aliphatic carbocycles. The van der Waals surface area contributed by atoms with E-state index < -0.39 is 12.1 Å². The van der Waals surface area contributed by atoms with Crippen molar-refractivity contribution in [1.82, 2.24) is 9.88 Å². The van der Waals surface area contributed by atoms with E-state index in [1.165, 1.54) is 6.42 Å². The summed E-state index contributed by atoms with van der Waals surface area (Å²) in [6.07, 6.45) is 5.26. The number of aryl methyl sites for hydroxylation is 1. The van der Waals surface area contributed by atoms with Crippen LogP contribution in [0.15, 0.2) is 28.9 Å². The Morgan fingerprint density at radius 3 is 2.75 bits per heavy atom. The summed E-state index contributed by atoms with van der Waals surface area (Å²) in [5, 5.41) is 3.05. The normalized spacial score (nSPS) is 20.6. The summed E-state index contributed by atoms with van der Waals surface area (Å²) in [7, 11) is 0. The molecule has 0 radical (unpaired) electrons. The van der Waals surface area contributed by atoms with Crippen molar-refractivity contribution in [3.8, 4) is 0 Å². The number of ether oxygens (including phenoxy) is 1. The maximum atomic E-state index is 12.7. The molecule has 2 heterocycles. The van der Waals surface area contributed by atoms with Crippen LogP contribution in [0.5, 0.6) is 0 Å². The number of furan rings is 1. The molecule has 1 aliphatic rings. The fraction of sp³-hybridized carbons (Fsp3) is 0.545. The molecule has 1 saturated carbocycles. The van der Waals surface area contributed by atoms with Crippen LogP contribution in [-0.4, -0.2) is 28.6 Å². The van der Waals surface area contributed by atoms with Gasteiger partial charge in [-0.15, -0.1) is 0 Å². The lowest BCUT2D eigenvalue weighted by atomic mass is 9.86. The maximum Gasteiger partial charge on any atom is 0.340 e. The van der Waals surface area contributed by atoms with Crippen LogP contribution in [0, 0.1) is 19.8 Å². The van der Waals surface area contributed by atoms with Crippen LogP contribution in [0.4, 0.5) is 0 Å². The van der Waals surface area contributed by atoms with Crippen molar-refractivity contribution in [2.75, 3.05) is 0 Å². The molecular weight excluding hydrogens is 356 g/mol. The summed E-state index contributed by atoms with van der Waals surface area (Å²) in [5.74, 6) is 0.576. The minimum atomic E-state index is -0.824. The van der Waals surface area contributed by atoms with E-state index in [9.17, 15) is 9.59 Å². The average molecular weight is 386 g/mol. The lowest BCUT2D eigenvalue weighted by molar-refractivity contribution is -0.130. The van der Waals surface area contributed by atoms with E-state index in [2.05, 4.69) is 12.2 Å². The first kappa shape index (κ1) is 20.2. The Morgan fingerprint density at radius 1 is 1.32 bits per heavy atom. The van der Waals surface area contributed by atoms with Gasteiger partial charge in [0, 0.05) is 17.4 Å². The number of hydrogen-bond acceptors (Lipinski definition) is 4. The largest absolute Gasteiger partial charge is 0.467 e. The van der Waals surface area contributed by atoms with Gasteiger partial charge in [0.15, 0.2) is 6.10 Å². The Kier molecular flexibility index (Phi) is 6.27. The van der Waals surface area contributed by atoms with Crippen molar-refractivity contribution in [2.24, 2.45) is 5.92 Å². The van der Waals surface area contributed by atoms with Crippen LogP contribution in [0.25, 0.3) is 0 Å². The van der Waals surface area contributed by atoms with E-state index in [0.29, 0.717) is 18.0 Å². The third kappa shape index (κ3) is 4.49. The third-order valence-electron chi connectivity index (χ3n) is 5.78. The molecule has 1 N–H and O–H groups in total. The molecule has 0 spiro atoms. The molecule has 152 valence electrons. The minimum absolute atomic E-state index is 0.167. The second-order valence-corrected chi connectivity index (χ2v) is 7.87. The second kappa shape index (κ2) is 8.67. The summed E-state index contributed by atoms with van der Waals surface area (Å²) in [4.78, 5) is 25.2. The first-order chi connectivity index (χ1) is 13.4. The van der Waals surface area contributed by atoms with E-state index in [0.717, 1.165) is 36.4 Å². The smallest absolute Gasteiger partial charge is 0.340 e. The fourth-order valence-corrected chi connectivity index (χ4v) is 3.92. The molecule has 6 nitrogen and oxygen atoms in total. The standard InChI is InChI=1S/C22H30N2O4/c1-14-8-5-6-10-20(14)23-21(25)17(4)28-22(26)19-12-15(2)24(16(19)3)13-18-9-7-11-27-18/h7,9,11-12,14,17,20H,5-6,8,10,13H2,1-4H3,(H,23,25)/t14-,17-,20-/m0/s1. The highest BCUT2D eigenvalue weighted by atomic mass is 16.5. The number of carbonyl (C=O) groups is 2. The fourth-order valence-electron chi connectivity index (χ4n) is 3.92. The molecule has 3 atom stereocenters. The number of carbonyl (C=O) groups excluding carboxylic acids is 2. The van der Waals surface area contributed by atoms with Crippen LogP contribution in [0.2, 0.25) is 0 Å². The van der Waals surface area contributed by atoms with Gasteiger partial charge in [0.25, 0.3) is 5.91 Å².